The fourth-order valence-corrected chi connectivity index (χ4v) is 3.28. The molecule has 3 rings (SSSR count). The van der Waals surface area contributed by atoms with Crippen LogP contribution in [0.3, 0.4) is 0 Å². The molecule has 2 atom stereocenters. The predicted molar refractivity (Wildman–Crippen MR) is 101 cm³/mol. The first-order valence-corrected chi connectivity index (χ1v) is 9.60. The van der Waals surface area contributed by atoms with Gasteiger partial charge in [0.05, 0.1) is 5.94 Å². The topological polar surface area (TPSA) is 120 Å². The number of para-hydroxylation sites is 1. The fraction of sp³-hybridized carbons (Fsp3) is 0.526. The van der Waals surface area contributed by atoms with Gasteiger partial charge in [-0.2, -0.15) is 8.78 Å². The Labute approximate surface area is 177 Å². The maximum atomic E-state index is 13.6. The first kappa shape index (κ1) is 22.9. The van der Waals surface area contributed by atoms with Gasteiger partial charge in [-0.05, 0) is 18.1 Å². The van der Waals surface area contributed by atoms with E-state index in [1.165, 1.54) is 32.9 Å². The molecule has 1 aromatic rings. The third-order valence-electron chi connectivity index (χ3n) is 4.87. The van der Waals surface area contributed by atoms with Crippen molar-refractivity contribution in [3.05, 3.63) is 29.3 Å². The second-order valence-corrected chi connectivity index (χ2v) is 7.87. The van der Waals surface area contributed by atoms with Crippen LogP contribution in [-0.4, -0.2) is 53.4 Å². The molecular formula is C19H22BF2NO8. The average molecular weight is 441 g/mol. The van der Waals surface area contributed by atoms with Gasteiger partial charge < -0.3 is 24.5 Å². The molecule has 2 aliphatic heterocycles. The zero-order valence-corrected chi connectivity index (χ0v) is 17.4. The number of rotatable bonds is 5. The lowest BCUT2D eigenvalue weighted by molar-refractivity contribution is -0.221. The van der Waals surface area contributed by atoms with E-state index < -0.39 is 54.8 Å². The van der Waals surface area contributed by atoms with Crippen LogP contribution in [0.25, 0.3) is 0 Å². The maximum Gasteiger partial charge on any atom is 0.547 e. The smallest absolute Gasteiger partial charge is 0.534 e. The molecule has 1 aromatic carbocycles. The molecule has 2 heterocycles. The molecule has 2 aliphatic rings. The number of hydrogen-bond donors (Lipinski definition) is 2. The fourth-order valence-electron chi connectivity index (χ4n) is 3.28. The highest BCUT2D eigenvalue weighted by atomic mass is 19.3. The quantitative estimate of drug-likeness (QED) is 0.519. The van der Waals surface area contributed by atoms with Gasteiger partial charge in [0.1, 0.15) is 11.3 Å². The van der Waals surface area contributed by atoms with Gasteiger partial charge in [-0.3, -0.25) is 9.53 Å². The Balaban J connectivity index is 1.79. The van der Waals surface area contributed by atoms with E-state index in [1.807, 2.05) is 0 Å². The van der Waals surface area contributed by atoms with Crippen LogP contribution < -0.4 is 9.97 Å². The van der Waals surface area contributed by atoms with Gasteiger partial charge in [-0.15, -0.1) is 0 Å². The van der Waals surface area contributed by atoms with Crippen LogP contribution in [0, 0.1) is 0 Å². The van der Waals surface area contributed by atoms with Gasteiger partial charge in [0.25, 0.3) is 5.91 Å². The summed E-state index contributed by atoms with van der Waals surface area (Å²) in [6, 6.07) is 4.36. The minimum atomic E-state index is -3.59. The van der Waals surface area contributed by atoms with Crippen molar-refractivity contribution in [2.75, 3.05) is 0 Å². The van der Waals surface area contributed by atoms with Crippen molar-refractivity contribution in [3.63, 3.8) is 0 Å². The van der Waals surface area contributed by atoms with E-state index in [0.29, 0.717) is 5.56 Å². The number of nitrogens with one attached hydrogen (secondary N) is 1. The second-order valence-electron chi connectivity index (χ2n) is 7.87. The van der Waals surface area contributed by atoms with Crippen molar-refractivity contribution < 1.29 is 47.1 Å². The van der Waals surface area contributed by atoms with Crippen LogP contribution in [0.5, 0.6) is 5.75 Å². The number of hydrogen-bond acceptors (Lipinski definition) is 8. The van der Waals surface area contributed by atoms with E-state index in [-0.39, 0.29) is 17.7 Å². The summed E-state index contributed by atoms with van der Waals surface area (Å²) in [5, 5.41) is 12.3. The normalized spacial score (nSPS) is 24.7. The molecule has 168 valence electrons. The van der Waals surface area contributed by atoms with Crippen LogP contribution in [0.15, 0.2) is 18.2 Å². The van der Waals surface area contributed by atoms with E-state index in [2.05, 4.69) is 5.32 Å². The van der Waals surface area contributed by atoms with E-state index in [4.69, 9.17) is 18.9 Å². The molecule has 2 N–H and O–H groups in total. The first-order chi connectivity index (χ1) is 14.3. The summed E-state index contributed by atoms with van der Waals surface area (Å²) in [6.07, 6.45) is -0.777. The summed E-state index contributed by atoms with van der Waals surface area (Å²) < 4.78 is 48.1. The van der Waals surface area contributed by atoms with Crippen LogP contribution in [0.1, 0.15) is 50.0 Å². The lowest BCUT2D eigenvalue weighted by Gasteiger charge is -2.30. The van der Waals surface area contributed by atoms with Gasteiger partial charge in [0.15, 0.2) is 0 Å². The summed E-state index contributed by atoms with van der Waals surface area (Å²) >= 11 is 0. The molecule has 31 heavy (non-hydrogen) atoms. The highest BCUT2D eigenvalue weighted by Crippen LogP contribution is 2.36. The molecule has 0 aromatic heterocycles. The van der Waals surface area contributed by atoms with Crippen molar-refractivity contribution >= 4 is 25.0 Å². The van der Waals surface area contributed by atoms with Crippen LogP contribution >= 0.6 is 0 Å². The Morgan fingerprint density at radius 2 is 2.03 bits per heavy atom. The van der Waals surface area contributed by atoms with Crippen molar-refractivity contribution in [1.29, 1.82) is 0 Å². The van der Waals surface area contributed by atoms with Gasteiger partial charge in [0.2, 0.25) is 5.79 Å². The standard InChI is InChI=1S/C19H22BF2NO8/c1-5-19(21,22)15(25)23-12-9-10-7-6-8-11(13(10)30-20(12)27)14(24)28-18(4)16(26)29-17(2,3)31-18/h6-8,12,27H,5,9H2,1-4H3,(H,23,25)/t12-,18?/m0/s1. The number of carbonyl (C=O) groups excluding carboxylic acids is 3. The van der Waals surface area contributed by atoms with Gasteiger partial charge in [-0.25, -0.2) is 9.59 Å². The number of fused-ring (bicyclic) bond motifs is 1. The van der Waals surface area contributed by atoms with Gasteiger partial charge in [0, 0.05) is 27.2 Å². The molecule has 0 aliphatic carbocycles. The zero-order valence-electron chi connectivity index (χ0n) is 17.4. The van der Waals surface area contributed by atoms with Crippen LogP contribution in [-0.2, 0) is 30.2 Å². The lowest BCUT2D eigenvalue weighted by atomic mass is 9.72. The number of amides is 1. The summed E-state index contributed by atoms with van der Waals surface area (Å²) in [4.78, 5) is 36.6. The van der Waals surface area contributed by atoms with E-state index in [0.717, 1.165) is 6.92 Å². The summed E-state index contributed by atoms with van der Waals surface area (Å²) in [6.45, 7) is 5.34. The number of alkyl halides is 2. The van der Waals surface area contributed by atoms with E-state index in [9.17, 15) is 28.2 Å². The maximum absolute atomic E-state index is 13.6. The Bertz CT molecular complexity index is 924. The molecule has 0 bridgehead atoms. The molecule has 0 radical (unpaired) electrons. The Hall–Kier alpha value is -2.73. The summed E-state index contributed by atoms with van der Waals surface area (Å²) in [5.74, 6) is -11.5. The molecule has 1 fully saturated rings. The molecule has 0 spiro atoms. The van der Waals surface area contributed by atoms with Crippen LogP contribution in [0.4, 0.5) is 8.78 Å². The summed E-state index contributed by atoms with van der Waals surface area (Å²) in [7, 11) is -1.69. The zero-order chi connectivity index (χ0) is 23.2. The predicted octanol–water partition coefficient (Wildman–Crippen LogP) is 1.35. The van der Waals surface area contributed by atoms with Crippen molar-refractivity contribution in [2.45, 2.75) is 64.0 Å². The Morgan fingerprint density at radius 1 is 1.35 bits per heavy atom. The average Bonchev–Trinajstić information content (AvgIpc) is 2.87. The van der Waals surface area contributed by atoms with Crippen LogP contribution in [0.2, 0.25) is 0 Å². The van der Waals surface area contributed by atoms with Crippen molar-refractivity contribution in [2.24, 2.45) is 0 Å². The van der Waals surface area contributed by atoms with Gasteiger partial charge >= 0.3 is 30.8 Å². The molecule has 9 nitrogen and oxygen atoms in total. The minimum Gasteiger partial charge on any atom is -0.534 e. The van der Waals surface area contributed by atoms with E-state index in [1.54, 1.807) is 6.07 Å². The van der Waals surface area contributed by atoms with Crippen molar-refractivity contribution in [1.82, 2.24) is 5.32 Å². The highest BCUT2D eigenvalue weighted by Gasteiger charge is 2.54. The van der Waals surface area contributed by atoms with Crippen molar-refractivity contribution in [3.8, 4) is 5.75 Å². The molecular weight excluding hydrogens is 419 g/mol. The second kappa shape index (κ2) is 7.76. The molecule has 1 saturated heterocycles. The monoisotopic (exact) mass is 441 g/mol. The third-order valence-corrected chi connectivity index (χ3v) is 4.87. The minimum absolute atomic E-state index is 0.0537. The Morgan fingerprint density at radius 3 is 2.61 bits per heavy atom. The summed E-state index contributed by atoms with van der Waals surface area (Å²) in [5.41, 5.74) is 0.243. The number of esters is 2. The Kier molecular flexibility index (Phi) is 5.74. The van der Waals surface area contributed by atoms with Gasteiger partial charge in [-0.1, -0.05) is 19.1 Å². The number of cyclic esters (lactones) is 1. The lowest BCUT2D eigenvalue weighted by Crippen LogP contribution is -2.56. The first-order valence-electron chi connectivity index (χ1n) is 9.60. The van der Waals surface area contributed by atoms with E-state index >= 15 is 0 Å². The number of carbonyl (C=O) groups is 3. The molecule has 0 saturated carbocycles. The molecule has 1 unspecified atom stereocenters. The molecule has 12 heteroatoms. The number of halogens is 2. The number of benzene rings is 1. The third kappa shape index (κ3) is 4.49. The SMILES string of the molecule is CCC(F)(F)C(=O)N[C@H]1Cc2cccc(C(=O)OC3(C)OC(C)(C)OC3=O)c2OB1O. The highest BCUT2D eigenvalue weighted by molar-refractivity contribution is 6.47. The molecule has 1 amide bonds. The largest absolute Gasteiger partial charge is 0.547 e. The number of ether oxygens (including phenoxy) is 3.